The molecule has 29 heavy (non-hydrogen) atoms. The largest absolute Gasteiger partial charge is 0.458 e. The molecule has 2 atom stereocenters. The van der Waals surface area contributed by atoms with E-state index in [1.807, 2.05) is 18.2 Å². The maximum Gasteiger partial charge on any atom is 0.349 e. The number of rotatable bonds is 7. The van der Waals surface area contributed by atoms with Crippen LogP contribution in [0.3, 0.4) is 0 Å². The predicted molar refractivity (Wildman–Crippen MR) is 109 cm³/mol. The molecule has 2 aliphatic heterocycles. The van der Waals surface area contributed by atoms with E-state index in [4.69, 9.17) is 27.0 Å². The quantitative estimate of drug-likeness (QED) is 0.205. The second-order valence-corrected chi connectivity index (χ2v) is 9.58. The van der Waals surface area contributed by atoms with E-state index in [0.29, 0.717) is 0 Å². The number of ether oxygens (including phenoxy) is 1. The maximum absolute atomic E-state index is 13.0. The van der Waals surface area contributed by atoms with Crippen molar-refractivity contribution in [1.29, 1.82) is 0 Å². The molecule has 2 unspecified atom stereocenters. The number of hydrogen-bond acceptors (Lipinski definition) is 6. The fourth-order valence-corrected chi connectivity index (χ4v) is 4.44. The van der Waals surface area contributed by atoms with Gasteiger partial charge in [-0.15, -0.1) is 0 Å². The molecule has 0 bridgehead atoms. The molecule has 0 aromatic heterocycles. The molecule has 3 rings (SSSR count). The molecular formula is C19H20Cl2N2O5S. The number of halogens is 2. The van der Waals surface area contributed by atoms with Crippen molar-refractivity contribution in [1.82, 2.24) is 9.80 Å². The smallest absolute Gasteiger partial charge is 0.349 e. The van der Waals surface area contributed by atoms with Gasteiger partial charge in [0.1, 0.15) is 12.6 Å². The molecule has 0 radical (unpaired) electrons. The first-order chi connectivity index (χ1) is 13.6. The normalized spacial score (nSPS) is 21.8. The number of carbonyl (C=O) groups is 4. The first kappa shape index (κ1) is 21.9. The van der Waals surface area contributed by atoms with Crippen molar-refractivity contribution in [2.45, 2.75) is 49.1 Å². The Morgan fingerprint density at radius 3 is 2.28 bits per heavy atom. The second kappa shape index (κ2) is 8.16. The third kappa shape index (κ3) is 3.73. The average molecular weight is 459 g/mol. The van der Waals surface area contributed by atoms with E-state index in [1.54, 1.807) is 26.0 Å². The summed E-state index contributed by atoms with van der Waals surface area (Å²) in [4.78, 5) is 50.0. The zero-order valence-corrected chi connectivity index (χ0v) is 18.2. The van der Waals surface area contributed by atoms with Gasteiger partial charge in [-0.2, -0.15) is 0 Å². The highest BCUT2D eigenvalue weighted by Gasteiger charge is 2.64. The standard InChI is InChI=1S/C19H20Cl2N2O5S/c1-18(2,29-21)19(20,17(27)28-11-12-6-4-3-5-7-12)22-10-13(16(22)26)23-14(24)8-9-15(23)25/h3-7,13H,8-11H2,1-2H3. The SMILES string of the molecule is CC(C)(SCl)C(Cl)(C(=O)OCc1ccccc1)N1CC(N2C(=O)CCC2=O)C1=O. The van der Waals surface area contributed by atoms with Gasteiger partial charge in [0.25, 0.3) is 0 Å². The number of nitrogens with zero attached hydrogens (tertiary/aromatic N) is 2. The molecule has 3 amide bonds. The van der Waals surface area contributed by atoms with Crippen LogP contribution in [0.1, 0.15) is 32.3 Å². The summed E-state index contributed by atoms with van der Waals surface area (Å²) in [6, 6.07) is 8.09. The summed E-state index contributed by atoms with van der Waals surface area (Å²) in [6.45, 7) is 3.16. The molecule has 2 saturated heterocycles. The number of amides is 3. The number of esters is 1. The van der Waals surface area contributed by atoms with Gasteiger partial charge in [0.2, 0.25) is 22.7 Å². The minimum atomic E-state index is -1.91. The van der Waals surface area contributed by atoms with Crippen molar-refractivity contribution in [3.8, 4) is 0 Å². The first-order valence-corrected chi connectivity index (χ1v) is 11.0. The molecule has 2 heterocycles. The van der Waals surface area contributed by atoms with Gasteiger partial charge in [-0.05, 0) is 41.1 Å². The minimum Gasteiger partial charge on any atom is -0.458 e. The maximum atomic E-state index is 13.0. The summed E-state index contributed by atoms with van der Waals surface area (Å²) in [5, 5.41) is 0. The molecule has 2 aliphatic rings. The summed E-state index contributed by atoms with van der Waals surface area (Å²) in [7, 11) is 6.79. The van der Waals surface area contributed by atoms with Gasteiger partial charge < -0.3 is 9.64 Å². The Balaban J connectivity index is 1.80. The van der Waals surface area contributed by atoms with Gasteiger partial charge in [0, 0.05) is 12.8 Å². The summed E-state index contributed by atoms with van der Waals surface area (Å²) in [5.41, 5.74) is 0.761. The Hall–Kier alpha value is -1.77. The number of hydrogen-bond donors (Lipinski definition) is 0. The molecule has 7 nitrogen and oxygen atoms in total. The van der Waals surface area contributed by atoms with Crippen LogP contribution in [0, 0.1) is 0 Å². The Morgan fingerprint density at radius 2 is 1.76 bits per heavy atom. The molecule has 0 aliphatic carbocycles. The van der Waals surface area contributed by atoms with E-state index in [0.717, 1.165) is 26.3 Å². The van der Waals surface area contributed by atoms with Crippen molar-refractivity contribution in [3.05, 3.63) is 35.9 Å². The van der Waals surface area contributed by atoms with Gasteiger partial charge >= 0.3 is 5.97 Å². The third-order valence-corrected chi connectivity index (χ3v) is 7.94. The molecule has 0 spiro atoms. The molecule has 0 N–H and O–H groups in total. The van der Waals surface area contributed by atoms with Crippen molar-refractivity contribution in [2.75, 3.05) is 6.54 Å². The Bertz CT molecular complexity index is 834. The number of carbonyl (C=O) groups excluding carboxylic acids is 4. The highest BCUT2D eigenvalue weighted by atomic mass is 35.7. The monoisotopic (exact) mass is 458 g/mol. The summed E-state index contributed by atoms with van der Waals surface area (Å²) in [5.74, 6) is -2.21. The number of β-lactam (4-membered cyclic amide) rings is 1. The highest BCUT2D eigenvalue weighted by molar-refractivity contribution is 8.22. The summed E-state index contributed by atoms with van der Waals surface area (Å²) in [6.07, 6.45) is 0.160. The van der Waals surface area contributed by atoms with Crippen LogP contribution >= 0.6 is 33.3 Å². The molecule has 1 aromatic rings. The van der Waals surface area contributed by atoms with Gasteiger partial charge in [0.05, 0.1) is 11.3 Å². The average Bonchev–Trinajstić information content (AvgIpc) is 3.03. The van der Waals surface area contributed by atoms with Gasteiger partial charge in [0.15, 0.2) is 0 Å². The lowest BCUT2D eigenvalue weighted by molar-refractivity contribution is -0.175. The van der Waals surface area contributed by atoms with Crippen molar-refractivity contribution in [3.63, 3.8) is 0 Å². The van der Waals surface area contributed by atoms with Crippen LogP contribution in [0.4, 0.5) is 0 Å². The molecule has 0 saturated carbocycles. The minimum absolute atomic E-state index is 0.0221. The summed E-state index contributed by atoms with van der Waals surface area (Å²) < 4.78 is 4.28. The zero-order chi connectivity index (χ0) is 21.4. The van der Waals surface area contributed by atoms with Crippen molar-refractivity contribution >= 4 is 56.9 Å². The van der Waals surface area contributed by atoms with Gasteiger partial charge in [-0.25, -0.2) is 4.79 Å². The van der Waals surface area contributed by atoms with Crippen LogP contribution < -0.4 is 0 Å². The molecule has 1 aromatic carbocycles. The van der Waals surface area contributed by atoms with Gasteiger partial charge in [-0.3, -0.25) is 19.3 Å². The Kier molecular flexibility index (Phi) is 6.17. The fraction of sp³-hybridized carbons (Fsp3) is 0.474. The number of alkyl halides is 1. The molecule has 2 fully saturated rings. The van der Waals surface area contributed by atoms with Crippen LogP contribution in [0.15, 0.2) is 30.3 Å². The Morgan fingerprint density at radius 1 is 1.17 bits per heavy atom. The van der Waals surface area contributed by atoms with E-state index >= 15 is 0 Å². The van der Waals surface area contributed by atoms with E-state index in [-0.39, 0.29) is 26.0 Å². The summed E-state index contributed by atoms with van der Waals surface area (Å²) >= 11 is 6.73. The highest BCUT2D eigenvalue weighted by Crippen LogP contribution is 2.48. The predicted octanol–water partition coefficient (Wildman–Crippen LogP) is 2.69. The topological polar surface area (TPSA) is 84.0 Å². The van der Waals surface area contributed by atoms with Gasteiger partial charge in [-0.1, -0.05) is 41.9 Å². The van der Waals surface area contributed by atoms with Crippen LogP contribution in [0.25, 0.3) is 0 Å². The lowest BCUT2D eigenvalue weighted by Crippen LogP contribution is -2.75. The Labute approximate surface area is 182 Å². The number of likely N-dealkylation sites (tertiary alicyclic amines) is 2. The van der Waals surface area contributed by atoms with Crippen LogP contribution in [0.5, 0.6) is 0 Å². The lowest BCUT2D eigenvalue weighted by Gasteiger charge is -2.53. The zero-order valence-electron chi connectivity index (χ0n) is 15.9. The third-order valence-electron chi connectivity index (χ3n) is 5.15. The lowest BCUT2D eigenvalue weighted by atomic mass is 9.93. The second-order valence-electron chi connectivity index (χ2n) is 7.39. The number of imide groups is 1. The van der Waals surface area contributed by atoms with E-state index in [9.17, 15) is 19.2 Å². The fourth-order valence-electron chi connectivity index (χ4n) is 3.37. The van der Waals surface area contributed by atoms with Crippen LogP contribution in [0.2, 0.25) is 0 Å². The molecular weight excluding hydrogens is 439 g/mol. The van der Waals surface area contributed by atoms with E-state index in [2.05, 4.69) is 0 Å². The van der Waals surface area contributed by atoms with Crippen LogP contribution in [-0.2, 0) is 30.5 Å². The molecule has 156 valence electrons. The number of benzene rings is 1. The van der Waals surface area contributed by atoms with Crippen molar-refractivity contribution < 1.29 is 23.9 Å². The van der Waals surface area contributed by atoms with Crippen LogP contribution in [-0.4, -0.2) is 55.8 Å². The van der Waals surface area contributed by atoms with E-state index in [1.165, 1.54) is 0 Å². The van der Waals surface area contributed by atoms with Crippen molar-refractivity contribution in [2.24, 2.45) is 0 Å². The molecule has 10 heteroatoms. The van der Waals surface area contributed by atoms with E-state index < -0.39 is 39.5 Å². The first-order valence-electron chi connectivity index (χ1n) is 8.99.